The molecule has 0 aliphatic carbocycles. The Bertz CT molecular complexity index is 485. The fourth-order valence-electron chi connectivity index (χ4n) is 1.39. The molecule has 0 fully saturated rings. The highest BCUT2D eigenvalue weighted by Gasteiger charge is 2.03. The molecule has 0 atom stereocenters. The summed E-state index contributed by atoms with van der Waals surface area (Å²) in [6.07, 6.45) is 3.38. The number of hydrogen-bond acceptors (Lipinski definition) is 3. The Balaban J connectivity index is 2.19. The van der Waals surface area contributed by atoms with E-state index < -0.39 is 0 Å². The average molecular weight is 250 g/mol. The van der Waals surface area contributed by atoms with Crippen LogP contribution in [0.4, 0.5) is 0 Å². The average Bonchev–Trinajstić information content (AvgIpc) is 2.40. The van der Waals surface area contributed by atoms with Crippen LogP contribution in [0, 0.1) is 0 Å². The molecule has 3 nitrogen and oxygen atoms in total. The quantitative estimate of drug-likeness (QED) is 0.776. The van der Waals surface area contributed by atoms with Gasteiger partial charge in [0.2, 0.25) is 0 Å². The summed E-state index contributed by atoms with van der Waals surface area (Å²) in [5, 5.41) is 0. The van der Waals surface area contributed by atoms with Gasteiger partial charge in [0, 0.05) is 18.0 Å². The topological polar surface area (TPSA) is 31.4 Å². The second kappa shape index (κ2) is 5.55. The molecule has 1 aromatic carbocycles. The Hall–Kier alpha value is -1.74. The van der Waals surface area contributed by atoms with Gasteiger partial charge in [-0.05, 0) is 30.3 Å². The van der Waals surface area contributed by atoms with Crippen molar-refractivity contribution >= 4 is 11.6 Å². The van der Waals surface area contributed by atoms with Crippen LogP contribution in [0.2, 0.25) is 0 Å². The van der Waals surface area contributed by atoms with Crippen molar-refractivity contribution in [2.24, 2.45) is 0 Å². The van der Waals surface area contributed by atoms with Gasteiger partial charge < -0.3 is 9.47 Å². The van der Waals surface area contributed by atoms with Gasteiger partial charge in [0.25, 0.3) is 0 Å². The molecular formula is C13H12ClNO2. The van der Waals surface area contributed by atoms with Crippen LogP contribution in [0.3, 0.4) is 0 Å². The molecule has 17 heavy (non-hydrogen) atoms. The Kier molecular flexibility index (Phi) is 3.83. The molecule has 0 unspecified atom stereocenters. The third kappa shape index (κ3) is 2.88. The highest BCUT2D eigenvalue weighted by atomic mass is 35.5. The van der Waals surface area contributed by atoms with Crippen LogP contribution in [0.15, 0.2) is 42.7 Å². The van der Waals surface area contributed by atoms with Gasteiger partial charge in [0.1, 0.15) is 17.2 Å². The van der Waals surface area contributed by atoms with E-state index in [1.807, 2.05) is 24.3 Å². The van der Waals surface area contributed by atoms with Crippen LogP contribution < -0.4 is 9.47 Å². The van der Waals surface area contributed by atoms with Crippen LogP contribution in [-0.2, 0) is 5.88 Å². The fourth-order valence-corrected chi connectivity index (χ4v) is 1.59. The largest absolute Gasteiger partial charge is 0.497 e. The van der Waals surface area contributed by atoms with E-state index in [1.54, 1.807) is 25.6 Å². The van der Waals surface area contributed by atoms with Crippen molar-refractivity contribution in [3.05, 3.63) is 48.3 Å². The Labute approximate surface area is 105 Å². The van der Waals surface area contributed by atoms with Gasteiger partial charge in [-0.15, -0.1) is 11.6 Å². The summed E-state index contributed by atoms with van der Waals surface area (Å²) >= 11 is 5.81. The number of ether oxygens (including phenoxy) is 2. The lowest BCUT2D eigenvalue weighted by molar-refractivity contribution is 0.412. The molecule has 88 valence electrons. The Morgan fingerprint density at radius 2 is 1.82 bits per heavy atom. The van der Waals surface area contributed by atoms with E-state index in [0.717, 1.165) is 22.8 Å². The number of pyridine rings is 1. The maximum atomic E-state index is 5.81. The van der Waals surface area contributed by atoms with Crippen molar-refractivity contribution in [1.82, 2.24) is 4.98 Å². The fraction of sp³-hybridized carbons (Fsp3) is 0.154. The summed E-state index contributed by atoms with van der Waals surface area (Å²) in [5.41, 5.74) is 0.866. The number of aromatic nitrogens is 1. The summed E-state index contributed by atoms with van der Waals surface area (Å²) in [4.78, 5) is 4.00. The molecule has 0 radical (unpaired) electrons. The second-order valence-electron chi connectivity index (χ2n) is 3.39. The van der Waals surface area contributed by atoms with Crippen LogP contribution >= 0.6 is 11.6 Å². The number of nitrogens with zero attached hydrogens (tertiary/aromatic N) is 1. The second-order valence-corrected chi connectivity index (χ2v) is 3.66. The van der Waals surface area contributed by atoms with E-state index in [0.29, 0.717) is 5.88 Å². The first-order chi connectivity index (χ1) is 8.33. The molecule has 0 bridgehead atoms. The van der Waals surface area contributed by atoms with Gasteiger partial charge in [-0.1, -0.05) is 0 Å². The molecule has 0 spiro atoms. The predicted molar refractivity (Wildman–Crippen MR) is 66.9 cm³/mol. The van der Waals surface area contributed by atoms with Gasteiger partial charge in [0.15, 0.2) is 0 Å². The molecule has 0 aliphatic heterocycles. The molecule has 1 heterocycles. The Morgan fingerprint density at radius 1 is 1.12 bits per heavy atom. The van der Waals surface area contributed by atoms with Crippen LogP contribution in [-0.4, -0.2) is 12.1 Å². The number of hydrogen-bond donors (Lipinski definition) is 0. The molecule has 2 aromatic rings. The van der Waals surface area contributed by atoms with Gasteiger partial charge in [-0.3, -0.25) is 4.98 Å². The molecule has 0 N–H and O–H groups in total. The summed E-state index contributed by atoms with van der Waals surface area (Å²) in [6.45, 7) is 0. The first-order valence-electron chi connectivity index (χ1n) is 5.14. The molecule has 0 amide bonds. The Morgan fingerprint density at radius 3 is 2.47 bits per heavy atom. The zero-order valence-electron chi connectivity index (χ0n) is 9.39. The van der Waals surface area contributed by atoms with Crippen molar-refractivity contribution in [1.29, 1.82) is 0 Å². The van der Waals surface area contributed by atoms with E-state index in [2.05, 4.69) is 4.98 Å². The summed E-state index contributed by atoms with van der Waals surface area (Å²) in [6, 6.07) is 9.17. The number of rotatable bonds is 4. The lowest BCUT2D eigenvalue weighted by Crippen LogP contribution is -1.90. The van der Waals surface area contributed by atoms with Crippen LogP contribution in [0.5, 0.6) is 17.2 Å². The van der Waals surface area contributed by atoms with Gasteiger partial charge in [-0.25, -0.2) is 0 Å². The van der Waals surface area contributed by atoms with Crippen molar-refractivity contribution in [2.45, 2.75) is 5.88 Å². The SMILES string of the molecule is COc1ccc(Oc2ccncc2CCl)cc1. The number of methoxy groups -OCH3 is 1. The third-order valence-corrected chi connectivity index (χ3v) is 2.58. The zero-order chi connectivity index (χ0) is 12.1. The molecular weight excluding hydrogens is 238 g/mol. The van der Waals surface area contributed by atoms with Crippen molar-refractivity contribution in [3.63, 3.8) is 0 Å². The van der Waals surface area contributed by atoms with E-state index >= 15 is 0 Å². The minimum absolute atomic E-state index is 0.374. The molecule has 0 aliphatic rings. The maximum Gasteiger partial charge on any atom is 0.134 e. The standard InChI is InChI=1S/C13H12ClNO2/c1-16-11-2-4-12(5-3-11)17-13-6-7-15-9-10(13)8-14/h2-7,9H,8H2,1H3. The molecule has 2 rings (SSSR count). The maximum absolute atomic E-state index is 5.81. The van der Waals surface area contributed by atoms with E-state index in [9.17, 15) is 0 Å². The van der Waals surface area contributed by atoms with Crippen LogP contribution in [0.25, 0.3) is 0 Å². The van der Waals surface area contributed by atoms with Gasteiger partial charge >= 0.3 is 0 Å². The van der Waals surface area contributed by atoms with Crippen molar-refractivity contribution in [3.8, 4) is 17.2 Å². The first-order valence-corrected chi connectivity index (χ1v) is 5.67. The van der Waals surface area contributed by atoms with Crippen LogP contribution in [0.1, 0.15) is 5.56 Å². The lowest BCUT2D eigenvalue weighted by Gasteiger charge is -2.09. The van der Waals surface area contributed by atoms with Crippen molar-refractivity contribution < 1.29 is 9.47 Å². The number of benzene rings is 1. The lowest BCUT2D eigenvalue weighted by atomic mass is 10.3. The predicted octanol–water partition coefficient (Wildman–Crippen LogP) is 3.62. The highest BCUT2D eigenvalue weighted by Crippen LogP contribution is 2.26. The van der Waals surface area contributed by atoms with E-state index in [1.165, 1.54) is 0 Å². The summed E-state index contributed by atoms with van der Waals surface area (Å²) in [7, 11) is 1.63. The minimum Gasteiger partial charge on any atom is -0.497 e. The molecule has 0 saturated heterocycles. The van der Waals surface area contributed by atoms with Crippen molar-refractivity contribution in [2.75, 3.05) is 7.11 Å². The normalized spacial score (nSPS) is 10.0. The highest BCUT2D eigenvalue weighted by molar-refractivity contribution is 6.17. The summed E-state index contributed by atoms with van der Waals surface area (Å²) < 4.78 is 10.8. The van der Waals surface area contributed by atoms with E-state index in [4.69, 9.17) is 21.1 Å². The van der Waals surface area contributed by atoms with E-state index in [-0.39, 0.29) is 0 Å². The number of alkyl halides is 1. The number of halogens is 1. The van der Waals surface area contributed by atoms with Gasteiger partial charge in [0.05, 0.1) is 13.0 Å². The first kappa shape index (κ1) is 11.7. The van der Waals surface area contributed by atoms with Gasteiger partial charge in [-0.2, -0.15) is 0 Å². The zero-order valence-corrected chi connectivity index (χ0v) is 10.1. The minimum atomic E-state index is 0.374. The molecule has 1 aromatic heterocycles. The molecule has 0 saturated carbocycles. The third-order valence-electron chi connectivity index (χ3n) is 2.29. The summed E-state index contributed by atoms with van der Waals surface area (Å²) in [5.74, 6) is 2.63. The smallest absolute Gasteiger partial charge is 0.134 e. The monoisotopic (exact) mass is 249 g/mol. The molecule has 4 heteroatoms.